The molecule has 9 nitrogen and oxygen atoms in total. The number of hydrogen-bond donors (Lipinski definition) is 2. The Morgan fingerprint density at radius 1 is 1.09 bits per heavy atom. The summed E-state index contributed by atoms with van der Waals surface area (Å²) in [6.07, 6.45) is 0.0157. The molecule has 0 unspecified atom stereocenters. The van der Waals surface area contributed by atoms with Crippen LogP contribution in [0.5, 0.6) is 11.5 Å². The Labute approximate surface area is 199 Å². The Bertz CT molecular complexity index is 873. The van der Waals surface area contributed by atoms with Gasteiger partial charge in [0.2, 0.25) is 0 Å². The van der Waals surface area contributed by atoms with Gasteiger partial charge in [0.05, 0.1) is 18.5 Å². The van der Waals surface area contributed by atoms with E-state index in [2.05, 4.69) is 23.9 Å². The van der Waals surface area contributed by atoms with Crippen LogP contribution in [-0.2, 0) is 22.4 Å². The van der Waals surface area contributed by atoms with Crippen molar-refractivity contribution < 1.29 is 29.0 Å². The summed E-state index contributed by atoms with van der Waals surface area (Å²) in [5, 5.41) is 23.8. The van der Waals surface area contributed by atoms with E-state index in [4.69, 9.17) is 9.47 Å². The fourth-order valence-corrected chi connectivity index (χ4v) is 3.01. The molecule has 2 aromatic rings. The van der Waals surface area contributed by atoms with E-state index in [1.54, 1.807) is 31.4 Å². The zero-order valence-corrected chi connectivity index (χ0v) is 19.8. The normalized spacial score (nSPS) is 11.8. The van der Waals surface area contributed by atoms with Gasteiger partial charge in [-0.3, -0.25) is 14.9 Å². The molecule has 182 valence electrons. The van der Waals surface area contributed by atoms with E-state index in [0.29, 0.717) is 17.9 Å². The largest absolute Gasteiger partial charge is 0.497 e. The number of β-amino-alcohol motifs (C(OH)–C–C–N with tert-alkyl or cyclic N) is 1. The number of ether oxygens (including phenoxy) is 3. The Kier molecular flexibility index (Phi) is 11.6. The zero-order chi connectivity index (χ0) is 23.6. The van der Waals surface area contributed by atoms with Crippen molar-refractivity contribution in [1.82, 2.24) is 5.32 Å². The minimum absolute atomic E-state index is 0. The third-order valence-corrected chi connectivity index (χ3v) is 4.67. The number of methoxy groups -OCH3 is 1. The maximum Gasteiger partial charge on any atom is 0.346 e. The maximum atomic E-state index is 11.5. The number of carbonyl (C=O) groups is 1. The summed E-state index contributed by atoms with van der Waals surface area (Å²) in [4.78, 5) is 21.0. The molecule has 0 aromatic heterocycles. The molecule has 2 rings (SSSR count). The molecule has 0 amide bonds. The van der Waals surface area contributed by atoms with Crippen molar-refractivity contribution in [3.8, 4) is 11.5 Å². The first-order chi connectivity index (χ1) is 15.2. The first-order valence-corrected chi connectivity index (χ1v) is 10.2. The summed E-state index contributed by atoms with van der Waals surface area (Å²) in [7, 11) is 1.64. The number of nitrogens with one attached hydrogen (secondary N) is 1. The number of nitrogens with zero attached hydrogens (tertiary/aromatic N) is 1. The Morgan fingerprint density at radius 2 is 1.67 bits per heavy atom. The van der Waals surface area contributed by atoms with Crippen LogP contribution >= 0.6 is 12.4 Å². The molecule has 0 aliphatic carbocycles. The average Bonchev–Trinajstić information content (AvgIpc) is 2.76. The van der Waals surface area contributed by atoms with E-state index in [0.717, 1.165) is 17.7 Å². The number of aliphatic hydroxyl groups excluding tert-OH is 1. The highest BCUT2D eigenvalue weighted by Crippen LogP contribution is 2.17. The lowest BCUT2D eigenvalue weighted by molar-refractivity contribution is -0.519. The number of carbonyl (C=O) groups excluding carboxylic acids is 1. The van der Waals surface area contributed by atoms with Crippen LogP contribution in [0.25, 0.3) is 0 Å². The number of esters is 1. The molecule has 2 aromatic carbocycles. The van der Waals surface area contributed by atoms with E-state index >= 15 is 0 Å². The van der Waals surface area contributed by atoms with Gasteiger partial charge >= 0.3 is 12.7 Å². The number of nitro groups is 1. The second-order valence-corrected chi connectivity index (χ2v) is 8.05. The van der Waals surface area contributed by atoms with E-state index in [9.17, 15) is 20.0 Å². The minimum Gasteiger partial charge on any atom is -0.497 e. The fourth-order valence-electron chi connectivity index (χ4n) is 3.01. The topological polar surface area (TPSA) is 120 Å². The van der Waals surface area contributed by atoms with Crippen molar-refractivity contribution in [2.75, 3.05) is 27.0 Å². The lowest BCUT2D eigenvalue weighted by atomic mass is 9.94. The van der Waals surface area contributed by atoms with Gasteiger partial charge in [-0.15, -0.1) is 12.4 Å². The van der Waals surface area contributed by atoms with Crippen molar-refractivity contribution in [1.29, 1.82) is 0 Å². The van der Waals surface area contributed by atoms with Crippen LogP contribution in [0.15, 0.2) is 48.5 Å². The molecule has 33 heavy (non-hydrogen) atoms. The van der Waals surface area contributed by atoms with Crippen molar-refractivity contribution in [3.63, 3.8) is 0 Å². The predicted molar refractivity (Wildman–Crippen MR) is 126 cm³/mol. The van der Waals surface area contributed by atoms with E-state index in [-0.39, 0.29) is 31.0 Å². The molecule has 0 radical (unpaired) electrons. The molecule has 0 heterocycles. The maximum absolute atomic E-state index is 11.5. The van der Waals surface area contributed by atoms with Gasteiger partial charge < -0.3 is 24.6 Å². The Morgan fingerprint density at radius 3 is 2.24 bits per heavy atom. The van der Waals surface area contributed by atoms with Gasteiger partial charge in [0, 0.05) is 12.1 Å². The minimum atomic E-state index is -0.844. The van der Waals surface area contributed by atoms with Crippen molar-refractivity contribution in [3.05, 3.63) is 69.8 Å². The third-order valence-electron chi connectivity index (χ3n) is 4.67. The van der Waals surface area contributed by atoms with Gasteiger partial charge in [0.25, 0.3) is 0 Å². The first-order valence-electron chi connectivity index (χ1n) is 10.2. The number of halogens is 1. The molecule has 0 saturated heterocycles. The quantitative estimate of drug-likeness (QED) is 0.193. The zero-order valence-electron chi connectivity index (χ0n) is 19.0. The molecule has 0 bridgehead atoms. The summed E-state index contributed by atoms with van der Waals surface area (Å²) >= 11 is 0. The van der Waals surface area contributed by atoms with Crippen LogP contribution < -0.4 is 14.8 Å². The summed E-state index contributed by atoms with van der Waals surface area (Å²) in [5.41, 5.74) is 1.59. The molecule has 0 aliphatic rings. The van der Waals surface area contributed by atoms with Crippen molar-refractivity contribution in [2.24, 2.45) is 0 Å². The summed E-state index contributed by atoms with van der Waals surface area (Å²) in [5.74, 6) is 0.688. The SMILES string of the molecule is COc1ccc(CC(C)(C)NC[C@@H](O)COc2ccc(CC(=O)OC[N+](=O)[O-])cc2)cc1.Cl. The van der Waals surface area contributed by atoms with Gasteiger partial charge in [0.15, 0.2) is 0 Å². The standard InChI is InChI=1S/C23H30N2O7.ClH/c1-23(2,13-18-6-8-20(30-3)9-7-18)24-14-19(26)15-31-21-10-4-17(5-11-21)12-22(27)32-16-25(28)29;/h4-11,19,24,26H,12-16H2,1-3H3;1H/t19-;/m1./s1. The molecule has 0 aliphatic heterocycles. The lowest BCUT2D eigenvalue weighted by Crippen LogP contribution is -2.46. The van der Waals surface area contributed by atoms with Gasteiger partial charge in [-0.05, 0) is 55.7 Å². The first kappa shape index (κ1) is 28.2. The number of rotatable bonds is 13. The summed E-state index contributed by atoms with van der Waals surface area (Å²) in [6, 6.07) is 14.6. The Hall–Kier alpha value is -2.88. The molecular weight excluding hydrogens is 452 g/mol. The number of hydrogen-bond acceptors (Lipinski definition) is 8. The van der Waals surface area contributed by atoms with E-state index < -0.39 is 23.7 Å². The second kappa shape index (κ2) is 13.6. The van der Waals surface area contributed by atoms with Crippen molar-refractivity contribution in [2.45, 2.75) is 38.3 Å². The lowest BCUT2D eigenvalue weighted by Gasteiger charge is -2.28. The van der Waals surface area contributed by atoms with Crippen LogP contribution in [0.3, 0.4) is 0 Å². The third kappa shape index (κ3) is 11.0. The second-order valence-electron chi connectivity index (χ2n) is 8.05. The predicted octanol–water partition coefficient (Wildman–Crippen LogP) is 2.79. The molecule has 10 heteroatoms. The van der Waals surface area contributed by atoms with Crippen LogP contribution in [0, 0.1) is 10.1 Å². The molecule has 1 atom stereocenters. The van der Waals surface area contributed by atoms with Gasteiger partial charge in [-0.25, -0.2) is 0 Å². The average molecular weight is 483 g/mol. The highest BCUT2D eigenvalue weighted by molar-refractivity contribution is 5.85. The molecule has 0 fully saturated rings. The number of benzene rings is 2. The van der Waals surface area contributed by atoms with Gasteiger partial charge in [-0.1, -0.05) is 24.3 Å². The van der Waals surface area contributed by atoms with Gasteiger partial charge in [0.1, 0.15) is 24.2 Å². The van der Waals surface area contributed by atoms with Gasteiger partial charge in [-0.2, -0.15) is 0 Å². The van der Waals surface area contributed by atoms with Crippen LogP contribution in [0.1, 0.15) is 25.0 Å². The van der Waals surface area contributed by atoms with E-state index in [1.165, 1.54) is 0 Å². The highest BCUT2D eigenvalue weighted by atomic mass is 35.5. The van der Waals surface area contributed by atoms with Crippen LogP contribution in [-0.4, -0.2) is 54.6 Å². The molecule has 0 saturated carbocycles. The van der Waals surface area contributed by atoms with Crippen LogP contribution in [0.2, 0.25) is 0 Å². The molecule has 2 N–H and O–H groups in total. The highest BCUT2D eigenvalue weighted by Gasteiger charge is 2.19. The van der Waals surface area contributed by atoms with E-state index in [1.807, 2.05) is 24.3 Å². The Balaban J connectivity index is 0.00000544. The van der Waals surface area contributed by atoms with Crippen molar-refractivity contribution >= 4 is 18.4 Å². The fraction of sp³-hybridized carbons (Fsp3) is 0.435. The molecule has 0 spiro atoms. The summed E-state index contributed by atoms with van der Waals surface area (Å²) in [6.45, 7) is 3.77. The molecular formula is C23H31ClN2O7. The monoisotopic (exact) mass is 482 g/mol. The number of aliphatic hydroxyl groups is 1. The van der Waals surface area contributed by atoms with Crippen LogP contribution in [0.4, 0.5) is 0 Å². The smallest absolute Gasteiger partial charge is 0.346 e. The summed E-state index contributed by atoms with van der Waals surface area (Å²) < 4.78 is 15.3.